The lowest BCUT2D eigenvalue weighted by molar-refractivity contribution is 0.422. The molecule has 0 bridgehead atoms. The van der Waals surface area contributed by atoms with Crippen LogP contribution < -0.4 is 13.9 Å². The Morgan fingerprint density at radius 1 is 0.530 bits per heavy atom. The summed E-state index contributed by atoms with van der Waals surface area (Å²) in [6.07, 6.45) is 1.94. The van der Waals surface area contributed by atoms with E-state index in [1.807, 2.05) is 6.20 Å². The molecule has 328 valence electrons. The first-order valence-corrected chi connectivity index (χ1v) is 23.5. The summed E-state index contributed by atoms with van der Waals surface area (Å²) in [5, 5.41) is 2.35. The van der Waals surface area contributed by atoms with Gasteiger partial charge in [-0.25, -0.2) is 4.98 Å². The zero-order valence-electron chi connectivity index (χ0n) is 39.9. The molecule has 1 unspecified atom stereocenters. The van der Waals surface area contributed by atoms with E-state index < -0.39 is 0 Å². The monoisotopic (exact) mass is 863 g/mol. The van der Waals surface area contributed by atoms with Crippen molar-refractivity contribution in [3.8, 4) is 39.6 Å². The molecule has 0 saturated carbocycles. The normalized spacial score (nSPS) is 17.7. The molecule has 0 radical (unpaired) electrons. The van der Waals surface area contributed by atoms with Crippen LogP contribution in [0.15, 0.2) is 164 Å². The van der Waals surface area contributed by atoms with E-state index in [4.69, 9.17) is 9.72 Å². The number of nitrogens with zero attached hydrogens (tertiary/aromatic N) is 4. The number of ether oxygens (including phenoxy) is 1. The van der Waals surface area contributed by atoms with E-state index in [0.717, 1.165) is 45.0 Å². The number of hydrogen-bond donors (Lipinski definition) is 0. The molecule has 7 aromatic carbocycles. The third-order valence-corrected chi connectivity index (χ3v) is 14.3. The van der Waals surface area contributed by atoms with Crippen molar-refractivity contribution in [2.45, 2.75) is 86.0 Å². The standard InChI is InChI=1S/C61H59N4O/c1-39(2)51-20-14-15-21-52(51)44-32-48(36-50(33-44)66-49-24-25-54-53-22-16-17-23-55(53)63(56(54)37-49)59-35-45(26-27-62-59)60(5,6)7)65-38-64(65,57-28-40(3)41(4)29-58(57)65)47-31-43(42-18-12-11-13-19-42)30-46(34-47)61(8,9)10/h11-39H,1-10H3/q+1/t64-,65?/m0/s1. The molecule has 1 fully saturated rings. The first-order chi connectivity index (χ1) is 31.6. The van der Waals surface area contributed by atoms with E-state index in [2.05, 4.69) is 238 Å². The van der Waals surface area contributed by atoms with Gasteiger partial charge < -0.3 is 4.74 Å². The molecule has 2 atom stereocenters. The Labute approximate surface area is 390 Å². The largest absolute Gasteiger partial charge is 0.457 e. The number of benzene rings is 7. The highest BCUT2D eigenvalue weighted by molar-refractivity contribution is 6.09. The van der Waals surface area contributed by atoms with Gasteiger partial charge in [0.1, 0.15) is 17.3 Å². The minimum atomic E-state index is -0.0554. The zero-order chi connectivity index (χ0) is 45.9. The van der Waals surface area contributed by atoms with Gasteiger partial charge in [0, 0.05) is 59.4 Å². The van der Waals surface area contributed by atoms with Crippen molar-refractivity contribution in [2.24, 2.45) is 0 Å². The molecule has 0 aliphatic carbocycles. The van der Waals surface area contributed by atoms with Gasteiger partial charge in [-0.15, -0.1) is 0 Å². The maximum atomic E-state index is 7.18. The maximum Gasteiger partial charge on any atom is 0.225 e. The first-order valence-electron chi connectivity index (χ1n) is 23.5. The maximum absolute atomic E-state index is 7.18. The minimum absolute atomic E-state index is 0.0208. The molecule has 0 spiro atoms. The molecule has 66 heavy (non-hydrogen) atoms. The Morgan fingerprint density at radius 3 is 1.88 bits per heavy atom. The fourth-order valence-electron chi connectivity index (χ4n) is 10.4. The van der Waals surface area contributed by atoms with Crippen LogP contribution in [0.5, 0.6) is 11.5 Å². The number of quaternary nitrogens is 2. The average molecular weight is 864 g/mol. The van der Waals surface area contributed by atoms with Crippen LogP contribution in [-0.4, -0.2) is 9.55 Å². The van der Waals surface area contributed by atoms with Crippen LogP contribution in [0.1, 0.15) is 89.1 Å². The molecular weight excluding hydrogens is 805 g/mol. The van der Waals surface area contributed by atoms with Crippen LogP contribution >= 0.6 is 0 Å². The summed E-state index contributed by atoms with van der Waals surface area (Å²) >= 11 is 0. The average Bonchev–Trinajstić information content (AvgIpc) is 3.81. The number of hydrogen-bond acceptors (Lipinski definition) is 2. The minimum Gasteiger partial charge on any atom is -0.457 e. The molecule has 2 aliphatic rings. The number of rotatable bonds is 8. The number of pyridine rings is 1. The molecule has 9 aromatic rings. The molecule has 5 nitrogen and oxygen atoms in total. The lowest BCUT2D eigenvalue weighted by Gasteiger charge is -2.41. The van der Waals surface area contributed by atoms with Crippen molar-refractivity contribution in [1.82, 2.24) is 18.7 Å². The van der Waals surface area contributed by atoms with Crippen LogP contribution in [-0.2, 0) is 10.8 Å². The van der Waals surface area contributed by atoms with Crippen LogP contribution in [0.4, 0.5) is 22.7 Å². The Morgan fingerprint density at radius 2 is 1.17 bits per heavy atom. The number of aromatic nitrogens is 2. The second-order valence-electron chi connectivity index (χ2n) is 21.0. The van der Waals surface area contributed by atoms with Gasteiger partial charge in [0.25, 0.3) is 0 Å². The van der Waals surface area contributed by atoms with Crippen molar-refractivity contribution in [3.63, 3.8) is 0 Å². The summed E-state index contributed by atoms with van der Waals surface area (Å²) in [4.78, 5) is 4.95. The van der Waals surface area contributed by atoms with Crippen molar-refractivity contribution in [3.05, 3.63) is 198 Å². The fourth-order valence-corrected chi connectivity index (χ4v) is 10.4. The van der Waals surface area contributed by atoms with Gasteiger partial charge in [-0.05, 0) is 117 Å². The van der Waals surface area contributed by atoms with Gasteiger partial charge in [0.05, 0.1) is 11.0 Å². The summed E-state index contributed by atoms with van der Waals surface area (Å²) in [6.45, 7) is 25.3. The van der Waals surface area contributed by atoms with Crippen LogP contribution in [0.2, 0.25) is 0 Å². The molecule has 4 heterocycles. The summed E-state index contributed by atoms with van der Waals surface area (Å²) in [5.74, 6) is 2.81. The fraction of sp³-hybridized carbons (Fsp3) is 0.213. The number of fused-ring (bicyclic) bond motifs is 7. The highest BCUT2D eigenvalue weighted by Crippen LogP contribution is 2.76. The molecule has 1 saturated heterocycles. The van der Waals surface area contributed by atoms with E-state index in [1.54, 1.807) is 0 Å². The Balaban J connectivity index is 1.11. The topological polar surface area (TPSA) is 27.1 Å². The van der Waals surface area contributed by atoms with Crippen LogP contribution in [0.3, 0.4) is 0 Å². The Kier molecular flexibility index (Phi) is 9.43. The summed E-state index contributed by atoms with van der Waals surface area (Å²) in [7, 11) is 0. The van der Waals surface area contributed by atoms with Crippen LogP contribution in [0, 0.1) is 20.5 Å². The van der Waals surface area contributed by atoms with Gasteiger partial charge in [-0.1, -0.05) is 134 Å². The van der Waals surface area contributed by atoms with Gasteiger partial charge in [0.2, 0.25) is 11.4 Å². The molecule has 2 aromatic heterocycles. The van der Waals surface area contributed by atoms with Crippen molar-refractivity contribution < 1.29 is 4.74 Å². The quantitative estimate of drug-likeness (QED) is 0.0864. The number of para-hydroxylation sites is 1. The molecular formula is C61H59N4O+. The zero-order valence-corrected chi connectivity index (χ0v) is 39.9. The van der Waals surface area contributed by atoms with E-state index in [0.29, 0.717) is 15.1 Å². The lowest BCUT2D eigenvalue weighted by Crippen LogP contribution is -2.46. The predicted octanol–water partition coefficient (Wildman–Crippen LogP) is 17.0. The summed E-state index contributed by atoms with van der Waals surface area (Å²) in [6, 6.07) is 58.3. The summed E-state index contributed by atoms with van der Waals surface area (Å²) in [5.41, 5.74) is 18.4. The second-order valence-corrected chi connectivity index (χ2v) is 21.0. The molecule has 11 rings (SSSR count). The van der Waals surface area contributed by atoms with Gasteiger partial charge in [-0.2, -0.15) is 9.18 Å². The van der Waals surface area contributed by atoms with Crippen molar-refractivity contribution in [1.29, 1.82) is 0 Å². The Bertz CT molecular complexity index is 3400. The third-order valence-electron chi connectivity index (χ3n) is 14.3. The SMILES string of the molecule is Cc1cc2c(cc1C)[N@@+]1(c3cc(-c4ccccc4)cc(C(C)(C)C)c3)[CH-][N+]21c1cc(Oc2ccc3c4ccccc4n(-c4cc(C(C)(C)C)ccn4)c3c2)cc(-c2ccccc2C(C)C)c1. The Hall–Kier alpha value is -6.79. The van der Waals surface area contributed by atoms with E-state index in [-0.39, 0.29) is 10.8 Å². The summed E-state index contributed by atoms with van der Waals surface area (Å²) < 4.78 is 10.6. The lowest BCUT2D eigenvalue weighted by atomic mass is 9.84. The van der Waals surface area contributed by atoms with Gasteiger partial charge in [-0.3, -0.25) is 4.57 Å². The third kappa shape index (κ3) is 6.47. The van der Waals surface area contributed by atoms with Gasteiger partial charge >= 0.3 is 0 Å². The molecule has 0 amide bonds. The smallest absolute Gasteiger partial charge is 0.225 e. The number of aryl methyl sites for hydroxylation is 2. The molecule has 0 N–H and O–H groups in total. The van der Waals surface area contributed by atoms with E-state index >= 15 is 0 Å². The molecule has 5 heteroatoms. The highest BCUT2D eigenvalue weighted by Gasteiger charge is 2.78. The van der Waals surface area contributed by atoms with Crippen molar-refractivity contribution >= 4 is 44.6 Å². The van der Waals surface area contributed by atoms with E-state index in [9.17, 15) is 0 Å². The molecule has 2 aliphatic heterocycles. The van der Waals surface area contributed by atoms with E-state index in [1.165, 1.54) is 67.0 Å². The predicted molar refractivity (Wildman–Crippen MR) is 277 cm³/mol. The van der Waals surface area contributed by atoms with Gasteiger partial charge in [0.15, 0.2) is 18.0 Å². The highest BCUT2D eigenvalue weighted by atomic mass is 16.5. The first kappa shape index (κ1) is 41.9. The second kappa shape index (κ2) is 14.9. The van der Waals surface area contributed by atoms with Crippen LogP contribution in [0.25, 0.3) is 49.9 Å². The van der Waals surface area contributed by atoms with Crippen molar-refractivity contribution in [2.75, 3.05) is 0 Å².